The molecule has 2 N–H and O–H groups in total. The first-order chi connectivity index (χ1) is 9.47. The normalized spacial score (nSPS) is 10.3. The molecule has 0 aliphatic heterocycles. The van der Waals surface area contributed by atoms with Crippen LogP contribution in [0.5, 0.6) is 0 Å². The van der Waals surface area contributed by atoms with Gasteiger partial charge >= 0.3 is 0 Å². The number of benzene rings is 2. The quantitative estimate of drug-likeness (QED) is 0.847. The lowest BCUT2D eigenvalue weighted by atomic mass is 10.1. The molecule has 2 aromatic carbocycles. The molecule has 2 aromatic rings. The number of hydrogen-bond acceptors (Lipinski definition) is 2. The third-order valence-corrected chi connectivity index (χ3v) is 3.82. The minimum atomic E-state index is -0.258. The Hall–Kier alpha value is -1.46. The van der Waals surface area contributed by atoms with Gasteiger partial charge in [0.2, 0.25) is 0 Å². The molecule has 0 aliphatic rings. The molecule has 2 nitrogen and oxygen atoms in total. The number of halogens is 2. The second-order valence-corrected chi connectivity index (χ2v) is 5.81. The van der Waals surface area contributed by atoms with Crippen LogP contribution < -0.4 is 10.6 Å². The van der Waals surface area contributed by atoms with Gasteiger partial charge in [0.25, 0.3) is 0 Å². The maximum Gasteiger partial charge on any atom is 0.137 e. The topological polar surface area (TPSA) is 29.3 Å². The summed E-state index contributed by atoms with van der Waals surface area (Å²) in [6.45, 7) is 0.666. The van der Waals surface area contributed by atoms with Crippen LogP contribution in [0.15, 0.2) is 46.9 Å². The summed E-state index contributed by atoms with van der Waals surface area (Å²) in [5.74, 6) is -0.258. The lowest BCUT2D eigenvalue weighted by molar-refractivity contribution is 0.620. The highest BCUT2D eigenvalue weighted by Gasteiger charge is 2.06. The molecule has 0 fully saturated rings. The highest BCUT2D eigenvalue weighted by Crippen LogP contribution is 2.21. The van der Waals surface area contributed by atoms with Crippen LogP contribution in [0.25, 0.3) is 0 Å². The number of anilines is 1. The Morgan fingerprint density at radius 1 is 1.30 bits per heavy atom. The average Bonchev–Trinajstić information content (AvgIpc) is 2.43. The number of hydrogen-bond donors (Lipinski definition) is 1. The molecule has 0 bridgehead atoms. The smallest absolute Gasteiger partial charge is 0.137 e. The molecule has 0 atom stereocenters. The van der Waals surface area contributed by atoms with E-state index in [1.807, 2.05) is 31.3 Å². The molecule has 2 rings (SSSR count). The van der Waals surface area contributed by atoms with Gasteiger partial charge in [0.05, 0.1) is 4.47 Å². The van der Waals surface area contributed by atoms with Crippen LogP contribution in [0.4, 0.5) is 10.1 Å². The van der Waals surface area contributed by atoms with Crippen LogP contribution in [-0.4, -0.2) is 12.0 Å². The van der Waals surface area contributed by atoms with Gasteiger partial charge in [-0.15, -0.1) is 0 Å². The predicted octanol–water partition coefficient (Wildman–Crippen LogP) is 3.86. The molecule has 0 heterocycles. The van der Waals surface area contributed by atoms with E-state index in [9.17, 15) is 4.39 Å². The summed E-state index contributed by atoms with van der Waals surface area (Å²) in [6, 6.07) is 12.7. The van der Waals surface area contributed by atoms with Gasteiger partial charge in [-0.2, -0.15) is 0 Å². The van der Waals surface area contributed by atoms with Crippen molar-refractivity contribution in [2.75, 3.05) is 11.9 Å². The second-order valence-electron chi connectivity index (χ2n) is 4.52. The first kappa shape index (κ1) is 14.9. The molecule has 0 saturated heterocycles. The van der Waals surface area contributed by atoms with Crippen LogP contribution in [0.1, 0.15) is 11.1 Å². The van der Waals surface area contributed by atoms with Gasteiger partial charge in [-0.05, 0) is 45.8 Å². The molecule has 20 heavy (non-hydrogen) atoms. The van der Waals surface area contributed by atoms with Crippen molar-refractivity contribution in [2.24, 2.45) is 5.73 Å². The van der Waals surface area contributed by atoms with Crippen LogP contribution in [0.3, 0.4) is 0 Å². The molecule has 0 radical (unpaired) electrons. The fourth-order valence-electron chi connectivity index (χ4n) is 1.90. The van der Waals surface area contributed by atoms with E-state index in [4.69, 9.17) is 18.0 Å². The standard InChI is InChI=1S/C15H14BrFN2S/c1-19(9-10-5-6-14(17)13(16)7-10)12-4-2-3-11(8-12)15(18)20/h2-8H,9H2,1H3,(H2,18,20). The number of rotatable bonds is 4. The Labute approximate surface area is 131 Å². The fourth-order valence-corrected chi connectivity index (χ4v) is 2.45. The summed E-state index contributed by atoms with van der Waals surface area (Å²) in [5, 5.41) is 0. The first-order valence-electron chi connectivity index (χ1n) is 6.02. The molecule has 0 spiro atoms. The van der Waals surface area contributed by atoms with E-state index in [0.29, 0.717) is 16.0 Å². The zero-order valence-corrected chi connectivity index (χ0v) is 13.3. The zero-order valence-electron chi connectivity index (χ0n) is 10.9. The Bertz CT molecular complexity index is 646. The summed E-state index contributed by atoms with van der Waals surface area (Å²) in [5.41, 5.74) is 8.50. The summed E-state index contributed by atoms with van der Waals surface area (Å²) in [4.78, 5) is 2.44. The largest absolute Gasteiger partial charge is 0.389 e. The summed E-state index contributed by atoms with van der Waals surface area (Å²) >= 11 is 8.18. The Morgan fingerprint density at radius 2 is 2.05 bits per heavy atom. The lowest BCUT2D eigenvalue weighted by Gasteiger charge is -2.20. The second kappa shape index (κ2) is 6.33. The van der Waals surface area contributed by atoms with Crippen LogP contribution >= 0.6 is 28.1 Å². The lowest BCUT2D eigenvalue weighted by Crippen LogP contribution is -2.17. The molecular weight excluding hydrogens is 339 g/mol. The van der Waals surface area contributed by atoms with Crippen molar-refractivity contribution in [3.05, 3.63) is 63.9 Å². The van der Waals surface area contributed by atoms with Crippen molar-refractivity contribution >= 4 is 38.8 Å². The Morgan fingerprint density at radius 3 is 2.70 bits per heavy atom. The minimum absolute atomic E-state index is 0.258. The molecule has 104 valence electrons. The Balaban J connectivity index is 2.19. The fraction of sp³-hybridized carbons (Fsp3) is 0.133. The maximum atomic E-state index is 13.2. The van der Waals surface area contributed by atoms with Gasteiger partial charge < -0.3 is 10.6 Å². The van der Waals surface area contributed by atoms with Crippen molar-refractivity contribution in [1.29, 1.82) is 0 Å². The van der Waals surface area contributed by atoms with Gasteiger partial charge in [0, 0.05) is 24.8 Å². The van der Waals surface area contributed by atoms with E-state index in [1.165, 1.54) is 6.07 Å². The first-order valence-corrected chi connectivity index (χ1v) is 7.22. The molecule has 0 aromatic heterocycles. The van der Waals surface area contributed by atoms with Crippen molar-refractivity contribution < 1.29 is 4.39 Å². The van der Waals surface area contributed by atoms with Gasteiger partial charge in [-0.3, -0.25) is 0 Å². The third-order valence-electron chi connectivity index (χ3n) is 2.98. The van der Waals surface area contributed by atoms with Crippen molar-refractivity contribution in [2.45, 2.75) is 6.54 Å². The number of thiocarbonyl (C=S) groups is 1. The minimum Gasteiger partial charge on any atom is -0.389 e. The summed E-state index contributed by atoms with van der Waals surface area (Å²) in [6.07, 6.45) is 0. The van der Waals surface area contributed by atoms with Gasteiger partial charge in [-0.1, -0.05) is 30.4 Å². The van der Waals surface area contributed by atoms with E-state index in [-0.39, 0.29) is 5.82 Å². The number of nitrogens with two attached hydrogens (primary N) is 1. The van der Waals surface area contributed by atoms with E-state index < -0.39 is 0 Å². The van der Waals surface area contributed by atoms with Gasteiger partial charge in [-0.25, -0.2) is 4.39 Å². The van der Waals surface area contributed by atoms with Crippen LogP contribution in [0, 0.1) is 5.82 Å². The third kappa shape index (κ3) is 3.55. The molecular formula is C15H14BrFN2S. The highest BCUT2D eigenvalue weighted by molar-refractivity contribution is 9.10. The molecule has 0 aliphatic carbocycles. The highest BCUT2D eigenvalue weighted by atomic mass is 79.9. The maximum absolute atomic E-state index is 13.2. The van der Waals surface area contributed by atoms with Gasteiger partial charge in [0.1, 0.15) is 10.8 Å². The molecule has 0 saturated carbocycles. The monoisotopic (exact) mass is 352 g/mol. The summed E-state index contributed by atoms with van der Waals surface area (Å²) < 4.78 is 13.7. The SMILES string of the molecule is CN(Cc1ccc(F)c(Br)c1)c1cccc(C(N)=S)c1. The number of nitrogens with zero attached hydrogens (tertiary/aromatic N) is 1. The van der Waals surface area contributed by atoms with Gasteiger partial charge in [0.15, 0.2) is 0 Å². The van der Waals surface area contributed by atoms with E-state index >= 15 is 0 Å². The van der Waals surface area contributed by atoms with E-state index in [2.05, 4.69) is 20.8 Å². The van der Waals surface area contributed by atoms with E-state index in [1.54, 1.807) is 12.1 Å². The van der Waals surface area contributed by atoms with Crippen molar-refractivity contribution in [3.63, 3.8) is 0 Å². The average molecular weight is 353 g/mol. The molecule has 0 amide bonds. The van der Waals surface area contributed by atoms with Crippen LogP contribution in [0.2, 0.25) is 0 Å². The summed E-state index contributed by atoms with van der Waals surface area (Å²) in [7, 11) is 1.97. The van der Waals surface area contributed by atoms with Crippen LogP contribution in [-0.2, 0) is 6.54 Å². The zero-order chi connectivity index (χ0) is 14.7. The predicted molar refractivity (Wildman–Crippen MR) is 88.5 cm³/mol. The Kier molecular flexibility index (Phi) is 4.73. The molecule has 5 heteroatoms. The van der Waals surface area contributed by atoms with E-state index in [0.717, 1.165) is 16.8 Å². The van der Waals surface area contributed by atoms with Crippen molar-refractivity contribution in [1.82, 2.24) is 0 Å². The van der Waals surface area contributed by atoms with Crippen molar-refractivity contribution in [3.8, 4) is 0 Å². The molecule has 0 unspecified atom stereocenters.